The SMILES string of the molecule is CNC1CCN(c2ccc(OC(C)C)cc2)CC1C. The number of benzene rings is 1. The molecule has 1 heterocycles. The summed E-state index contributed by atoms with van der Waals surface area (Å²) in [5.41, 5.74) is 1.30. The first-order chi connectivity index (χ1) is 9.10. The van der Waals surface area contributed by atoms with E-state index in [4.69, 9.17) is 4.74 Å². The lowest BCUT2D eigenvalue weighted by molar-refractivity contribution is 0.242. The third-order valence-electron chi connectivity index (χ3n) is 3.85. The van der Waals surface area contributed by atoms with Gasteiger partial charge in [-0.25, -0.2) is 0 Å². The van der Waals surface area contributed by atoms with Crippen LogP contribution in [0.3, 0.4) is 0 Å². The van der Waals surface area contributed by atoms with Crippen molar-refractivity contribution in [1.29, 1.82) is 0 Å². The summed E-state index contributed by atoms with van der Waals surface area (Å²) in [6.45, 7) is 8.68. The number of hydrogen-bond donors (Lipinski definition) is 1. The van der Waals surface area contributed by atoms with Gasteiger partial charge in [-0.05, 0) is 57.5 Å². The van der Waals surface area contributed by atoms with Crippen LogP contribution in [0.1, 0.15) is 27.2 Å². The van der Waals surface area contributed by atoms with E-state index < -0.39 is 0 Å². The highest BCUT2D eigenvalue weighted by molar-refractivity contribution is 5.49. The Morgan fingerprint density at radius 1 is 1.26 bits per heavy atom. The summed E-state index contributed by atoms with van der Waals surface area (Å²) in [5.74, 6) is 1.64. The van der Waals surface area contributed by atoms with Gasteiger partial charge in [0.15, 0.2) is 0 Å². The van der Waals surface area contributed by atoms with Crippen molar-refractivity contribution in [3.05, 3.63) is 24.3 Å². The van der Waals surface area contributed by atoms with Gasteiger partial charge in [-0.1, -0.05) is 6.92 Å². The van der Waals surface area contributed by atoms with Gasteiger partial charge in [0.1, 0.15) is 5.75 Å². The average molecular weight is 262 g/mol. The third kappa shape index (κ3) is 3.63. The zero-order valence-corrected chi connectivity index (χ0v) is 12.5. The van der Waals surface area contributed by atoms with E-state index in [9.17, 15) is 0 Å². The van der Waals surface area contributed by atoms with E-state index in [0.717, 1.165) is 18.8 Å². The number of hydrogen-bond acceptors (Lipinski definition) is 3. The number of piperidine rings is 1. The summed E-state index contributed by atoms with van der Waals surface area (Å²) in [6, 6.07) is 9.14. The van der Waals surface area contributed by atoms with E-state index in [2.05, 4.69) is 62.3 Å². The zero-order chi connectivity index (χ0) is 13.8. The van der Waals surface area contributed by atoms with E-state index >= 15 is 0 Å². The molecule has 2 atom stereocenters. The van der Waals surface area contributed by atoms with Gasteiger partial charge in [-0.3, -0.25) is 0 Å². The molecule has 19 heavy (non-hydrogen) atoms. The maximum Gasteiger partial charge on any atom is 0.119 e. The Morgan fingerprint density at radius 2 is 1.95 bits per heavy atom. The van der Waals surface area contributed by atoms with Gasteiger partial charge >= 0.3 is 0 Å². The monoisotopic (exact) mass is 262 g/mol. The molecule has 1 aromatic rings. The molecule has 0 radical (unpaired) electrons. The van der Waals surface area contributed by atoms with Crippen molar-refractivity contribution in [2.75, 3.05) is 25.0 Å². The lowest BCUT2D eigenvalue weighted by Crippen LogP contribution is -2.47. The van der Waals surface area contributed by atoms with Gasteiger partial charge in [0.2, 0.25) is 0 Å². The molecule has 1 aromatic carbocycles. The van der Waals surface area contributed by atoms with E-state index in [1.165, 1.54) is 12.1 Å². The lowest BCUT2D eigenvalue weighted by Gasteiger charge is -2.38. The minimum absolute atomic E-state index is 0.234. The molecular formula is C16H26N2O. The van der Waals surface area contributed by atoms with Crippen molar-refractivity contribution in [3.8, 4) is 5.75 Å². The fraction of sp³-hybridized carbons (Fsp3) is 0.625. The summed E-state index contributed by atoms with van der Waals surface area (Å²) >= 11 is 0. The Labute approximate surface area is 116 Å². The molecule has 3 nitrogen and oxygen atoms in total. The molecule has 106 valence electrons. The first kappa shape index (κ1) is 14.2. The van der Waals surface area contributed by atoms with Crippen LogP contribution in [0.25, 0.3) is 0 Å². The van der Waals surface area contributed by atoms with E-state index in [-0.39, 0.29) is 6.10 Å². The fourth-order valence-corrected chi connectivity index (χ4v) is 2.82. The highest BCUT2D eigenvalue weighted by atomic mass is 16.5. The predicted molar refractivity (Wildman–Crippen MR) is 81.0 cm³/mol. The molecular weight excluding hydrogens is 236 g/mol. The molecule has 1 N–H and O–H groups in total. The summed E-state index contributed by atoms with van der Waals surface area (Å²) in [6.07, 6.45) is 1.44. The van der Waals surface area contributed by atoms with Crippen molar-refractivity contribution in [3.63, 3.8) is 0 Å². The molecule has 1 aliphatic heterocycles. The Hall–Kier alpha value is -1.22. The van der Waals surface area contributed by atoms with Gasteiger partial charge in [0.05, 0.1) is 6.10 Å². The highest BCUT2D eigenvalue weighted by Gasteiger charge is 2.24. The molecule has 2 unspecified atom stereocenters. The summed E-state index contributed by atoms with van der Waals surface area (Å²) in [5, 5.41) is 3.41. The smallest absolute Gasteiger partial charge is 0.119 e. The van der Waals surface area contributed by atoms with Crippen LogP contribution in [0.2, 0.25) is 0 Å². The van der Waals surface area contributed by atoms with Crippen LogP contribution in [-0.2, 0) is 0 Å². The zero-order valence-electron chi connectivity index (χ0n) is 12.5. The topological polar surface area (TPSA) is 24.5 Å². The van der Waals surface area contributed by atoms with Crippen LogP contribution < -0.4 is 15.0 Å². The quantitative estimate of drug-likeness (QED) is 0.903. The second kappa shape index (κ2) is 6.29. The summed E-state index contributed by atoms with van der Waals surface area (Å²) < 4.78 is 5.68. The maximum atomic E-state index is 5.68. The number of nitrogens with one attached hydrogen (secondary N) is 1. The van der Waals surface area contributed by atoms with Crippen LogP contribution in [-0.4, -0.2) is 32.3 Å². The van der Waals surface area contributed by atoms with Gasteiger partial charge in [0, 0.05) is 24.8 Å². The second-order valence-corrected chi connectivity index (χ2v) is 5.77. The Morgan fingerprint density at radius 3 is 2.47 bits per heavy atom. The predicted octanol–water partition coefficient (Wildman–Crippen LogP) is 2.91. The van der Waals surface area contributed by atoms with Gasteiger partial charge in [-0.15, -0.1) is 0 Å². The second-order valence-electron chi connectivity index (χ2n) is 5.77. The standard InChI is InChI=1S/C16H26N2O/c1-12(2)19-15-7-5-14(6-8-15)18-10-9-16(17-4)13(3)11-18/h5-8,12-13,16-17H,9-11H2,1-4H3. The summed E-state index contributed by atoms with van der Waals surface area (Å²) in [4.78, 5) is 2.47. The Balaban J connectivity index is 1.99. The van der Waals surface area contributed by atoms with Gasteiger partial charge in [-0.2, -0.15) is 0 Å². The number of ether oxygens (including phenoxy) is 1. The Kier molecular flexibility index (Phi) is 4.70. The molecule has 1 saturated heterocycles. The molecule has 2 rings (SSSR count). The molecule has 1 aliphatic rings. The van der Waals surface area contributed by atoms with Crippen molar-refractivity contribution < 1.29 is 4.74 Å². The minimum atomic E-state index is 0.234. The van der Waals surface area contributed by atoms with Crippen LogP contribution in [0.5, 0.6) is 5.75 Å². The molecule has 0 saturated carbocycles. The first-order valence-electron chi connectivity index (χ1n) is 7.29. The lowest BCUT2D eigenvalue weighted by atomic mass is 9.93. The van der Waals surface area contributed by atoms with E-state index in [1.54, 1.807) is 0 Å². The van der Waals surface area contributed by atoms with Crippen molar-refractivity contribution >= 4 is 5.69 Å². The van der Waals surface area contributed by atoms with Crippen LogP contribution in [0.4, 0.5) is 5.69 Å². The van der Waals surface area contributed by atoms with Gasteiger partial charge < -0.3 is 15.0 Å². The summed E-state index contributed by atoms with van der Waals surface area (Å²) in [7, 11) is 2.06. The molecule has 0 spiro atoms. The van der Waals surface area contributed by atoms with Crippen molar-refractivity contribution in [2.24, 2.45) is 5.92 Å². The van der Waals surface area contributed by atoms with Crippen LogP contribution in [0, 0.1) is 5.92 Å². The van der Waals surface area contributed by atoms with E-state index in [1.807, 2.05) is 0 Å². The molecule has 0 aromatic heterocycles. The third-order valence-corrected chi connectivity index (χ3v) is 3.85. The normalized spacial score (nSPS) is 23.7. The Bertz CT molecular complexity index is 388. The van der Waals surface area contributed by atoms with E-state index in [0.29, 0.717) is 12.0 Å². The number of nitrogens with zero attached hydrogens (tertiary/aromatic N) is 1. The molecule has 0 aliphatic carbocycles. The van der Waals surface area contributed by atoms with Crippen molar-refractivity contribution in [1.82, 2.24) is 5.32 Å². The van der Waals surface area contributed by atoms with Crippen LogP contribution >= 0.6 is 0 Å². The molecule has 0 bridgehead atoms. The number of rotatable bonds is 4. The average Bonchev–Trinajstić information content (AvgIpc) is 2.39. The molecule has 1 fully saturated rings. The highest BCUT2D eigenvalue weighted by Crippen LogP contribution is 2.25. The molecule has 3 heteroatoms. The first-order valence-corrected chi connectivity index (χ1v) is 7.29. The fourth-order valence-electron chi connectivity index (χ4n) is 2.82. The van der Waals surface area contributed by atoms with Gasteiger partial charge in [0.25, 0.3) is 0 Å². The number of anilines is 1. The van der Waals surface area contributed by atoms with Crippen LogP contribution in [0.15, 0.2) is 24.3 Å². The minimum Gasteiger partial charge on any atom is -0.491 e. The molecule has 0 amide bonds. The largest absolute Gasteiger partial charge is 0.491 e. The van der Waals surface area contributed by atoms with Crippen molar-refractivity contribution in [2.45, 2.75) is 39.3 Å². The maximum absolute atomic E-state index is 5.68.